The standard InChI is InChI=1S/C24H25N3O2/c1-3-18-9-11-21(25-17(18)2)26-15-13-24(14-16-26)23(28)27-20(10-12-22(27)29-24)19-7-5-4-6-8-19/h1,4-9,11,20,22H,10,12-16H2,2H3/t20-,22+/m0/s1. The SMILES string of the molecule is C#Cc1ccc(N2CCC3(CC2)O[C@@H]2CC[C@@H](c4ccccc4)N2C3=O)nc1C. The van der Waals surface area contributed by atoms with E-state index in [9.17, 15) is 4.79 Å². The molecule has 0 saturated carbocycles. The van der Waals surface area contributed by atoms with Gasteiger partial charge in [-0.3, -0.25) is 4.79 Å². The van der Waals surface area contributed by atoms with Crippen LogP contribution >= 0.6 is 0 Å². The summed E-state index contributed by atoms with van der Waals surface area (Å²) in [6.07, 6.45) is 8.68. The van der Waals surface area contributed by atoms with Gasteiger partial charge in [-0.25, -0.2) is 4.98 Å². The predicted molar refractivity (Wildman–Crippen MR) is 111 cm³/mol. The first-order chi connectivity index (χ1) is 14.1. The van der Waals surface area contributed by atoms with Crippen LogP contribution in [-0.4, -0.2) is 40.7 Å². The number of benzene rings is 1. The van der Waals surface area contributed by atoms with Crippen molar-refractivity contribution in [2.75, 3.05) is 18.0 Å². The summed E-state index contributed by atoms with van der Waals surface area (Å²) in [6.45, 7) is 3.44. The normalized spacial score (nSPS) is 25.3. The van der Waals surface area contributed by atoms with E-state index in [1.54, 1.807) is 0 Å². The van der Waals surface area contributed by atoms with E-state index in [1.165, 1.54) is 5.56 Å². The molecule has 1 aromatic heterocycles. The Morgan fingerprint density at radius 3 is 2.59 bits per heavy atom. The van der Waals surface area contributed by atoms with E-state index in [1.807, 2.05) is 42.2 Å². The molecule has 2 aromatic rings. The van der Waals surface area contributed by atoms with Gasteiger partial charge in [0.25, 0.3) is 5.91 Å². The number of terminal acetylenes is 1. The van der Waals surface area contributed by atoms with Crippen molar-refractivity contribution in [1.82, 2.24) is 9.88 Å². The van der Waals surface area contributed by atoms with Crippen LogP contribution < -0.4 is 4.90 Å². The number of aryl methyl sites for hydroxylation is 1. The smallest absolute Gasteiger partial charge is 0.257 e. The summed E-state index contributed by atoms with van der Waals surface area (Å²) in [5.41, 5.74) is 2.21. The molecule has 1 aromatic carbocycles. The van der Waals surface area contributed by atoms with Gasteiger partial charge in [0.05, 0.1) is 11.7 Å². The zero-order valence-corrected chi connectivity index (χ0v) is 16.7. The van der Waals surface area contributed by atoms with Crippen LogP contribution in [0.2, 0.25) is 0 Å². The largest absolute Gasteiger partial charge is 0.356 e. The molecule has 1 amide bonds. The van der Waals surface area contributed by atoms with Crippen molar-refractivity contribution in [3.63, 3.8) is 0 Å². The fourth-order valence-corrected chi connectivity index (χ4v) is 5.02. The lowest BCUT2D eigenvalue weighted by Crippen LogP contribution is -2.50. The average molecular weight is 387 g/mol. The van der Waals surface area contributed by atoms with E-state index in [-0.39, 0.29) is 18.2 Å². The Labute approximate surface area is 171 Å². The predicted octanol–water partition coefficient (Wildman–Crippen LogP) is 3.43. The van der Waals surface area contributed by atoms with Crippen molar-refractivity contribution in [3.8, 4) is 12.3 Å². The first-order valence-corrected chi connectivity index (χ1v) is 10.4. The summed E-state index contributed by atoms with van der Waals surface area (Å²) in [5.74, 6) is 3.75. The number of ether oxygens (including phenoxy) is 1. The summed E-state index contributed by atoms with van der Waals surface area (Å²) in [6, 6.07) is 14.4. The van der Waals surface area contributed by atoms with Crippen molar-refractivity contribution in [2.24, 2.45) is 0 Å². The Hall–Kier alpha value is -2.84. The number of aromatic nitrogens is 1. The molecule has 148 valence electrons. The molecule has 29 heavy (non-hydrogen) atoms. The number of nitrogens with zero attached hydrogens (tertiary/aromatic N) is 3. The highest BCUT2D eigenvalue weighted by Gasteiger charge is 2.57. The number of amides is 1. The highest BCUT2D eigenvalue weighted by molar-refractivity contribution is 5.88. The lowest BCUT2D eigenvalue weighted by atomic mass is 9.89. The molecular weight excluding hydrogens is 362 g/mol. The second-order valence-electron chi connectivity index (χ2n) is 8.22. The Bertz CT molecular complexity index is 973. The minimum atomic E-state index is -0.678. The van der Waals surface area contributed by atoms with E-state index in [4.69, 9.17) is 11.2 Å². The fourth-order valence-electron chi connectivity index (χ4n) is 5.02. The molecule has 0 bridgehead atoms. The van der Waals surface area contributed by atoms with Gasteiger partial charge in [0.15, 0.2) is 5.60 Å². The van der Waals surface area contributed by atoms with Crippen molar-refractivity contribution in [1.29, 1.82) is 0 Å². The zero-order chi connectivity index (χ0) is 20.0. The number of hydrogen-bond donors (Lipinski definition) is 0. The molecule has 3 fully saturated rings. The minimum absolute atomic E-state index is 0.0884. The summed E-state index contributed by atoms with van der Waals surface area (Å²) in [5, 5.41) is 0. The van der Waals surface area contributed by atoms with Gasteiger partial charge in [-0.1, -0.05) is 36.3 Å². The van der Waals surface area contributed by atoms with Crippen molar-refractivity contribution < 1.29 is 9.53 Å². The van der Waals surface area contributed by atoms with Gasteiger partial charge in [0.1, 0.15) is 12.0 Å². The number of piperidine rings is 1. The first-order valence-electron chi connectivity index (χ1n) is 10.4. The van der Waals surface area contributed by atoms with Crippen LogP contribution in [0, 0.1) is 19.3 Å². The van der Waals surface area contributed by atoms with Crippen LogP contribution in [0.15, 0.2) is 42.5 Å². The lowest BCUT2D eigenvalue weighted by molar-refractivity contribution is -0.140. The monoisotopic (exact) mass is 387 g/mol. The van der Waals surface area contributed by atoms with Gasteiger partial charge in [-0.2, -0.15) is 0 Å². The molecule has 3 saturated heterocycles. The maximum atomic E-state index is 13.5. The van der Waals surface area contributed by atoms with Crippen LogP contribution in [0.4, 0.5) is 5.82 Å². The quantitative estimate of drug-likeness (QED) is 0.741. The first kappa shape index (κ1) is 18.2. The molecule has 1 spiro atoms. The molecule has 5 nitrogen and oxygen atoms in total. The number of carbonyl (C=O) groups excluding carboxylic acids is 1. The zero-order valence-electron chi connectivity index (χ0n) is 16.7. The number of rotatable bonds is 2. The summed E-state index contributed by atoms with van der Waals surface area (Å²) in [7, 11) is 0. The lowest BCUT2D eigenvalue weighted by Gasteiger charge is -2.38. The topological polar surface area (TPSA) is 45.7 Å². The molecule has 0 radical (unpaired) electrons. The van der Waals surface area contributed by atoms with Crippen LogP contribution in [0.1, 0.15) is 48.5 Å². The molecule has 0 aliphatic carbocycles. The Morgan fingerprint density at radius 1 is 1.14 bits per heavy atom. The molecule has 2 atom stereocenters. The van der Waals surface area contributed by atoms with E-state index < -0.39 is 5.60 Å². The van der Waals surface area contributed by atoms with Crippen molar-refractivity contribution in [2.45, 2.75) is 50.5 Å². The summed E-state index contributed by atoms with van der Waals surface area (Å²) < 4.78 is 6.43. The van der Waals surface area contributed by atoms with Gasteiger partial charge in [-0.05, 0) is 37.5 Å². The van der Waals surface area contributed by atoms with Gasteiger partial charge >= 0.3 is 0 Å². The third kappa shape index (κ3) is 2.90. The highest BCUT2D eigenvalue weighted by Crippen LogP contribution is 2.47. The van der Waals surface area contributed by atoms with E-state index in [0.29, 0.717) is 12.8 Å². The maximum Gasteiger partial charge on any atom is 0.257 e. The molecule has 3 aliphatic rings. The third-order valence-electron chi connectivity index (χ3n) is 6.63. The van der Waals surface area contributed by atoms with Crippen molar-refractivity contribution in [3.05, 3.63) is 59.3 Å². The van der Waals surface area contributed by atoms with Gasteiger partial charge < -0.3 is 14.5 Å². The van der Waals surface area contributed by atoms with E-state index >= 15 is 0 Å². The number of fused-ring (bicyclic) bond motifs is 1. The number of anilines is 1. The maximum absolute atomic E-state index is 13.5. The van der Waals surface area contributed by atoms with Gasteiger partial charge in [0.2, 0.25) is 0 Å². The van der Waals surface area contributed by atoms with E-state index in [0.717, 1.165) is 43.0 Å². The van der Waals surface area contributed by atoms with E-state index in [2.05, 4.69) is 27.9 Å². The highest BCUT2D eigenvalue weighted by atomic mass is 16.6. The summed E-state index contributed by atoms with van der Waals surface area (Å²) >= 11 is 0. The molecule has 4 heterocycles. The van der Waals surface area contributed by atoms with Crippen molar-refractivity contribution >= 4 is 11.7 Å². The molecule has 0 unspecified atom stereocenters. The number of pyridine rings is 1. The van der Waals surface area contributed by atoms with Crippen LogP contribution in [0.25, 0.3) is 0 Å². The Kier molecular flexibility index (Phi) is 4.33. The number of hydrogen-bond acceptors (Lipinski definition) is 4. The van der Waals surface area contributed by atoms with Crippen LogP contribution in [0.5, 0.6) is 0 Å². The third-order valence-corrected chi connectivity index (χ3v) is 6.63. The molecule has 5 heteroatoms. The van der Waals surface area contributed by atoms with Crippen LogP contribution in [0.3, 0.4) is 0 Å². The van der Waals surface area contributed by atoms with Gasteiger partial charge in [-0.15, -0.1) is 6.42 Å². The Balaban J connectivity index is 1.32. The van der Waals surface area contributed by atoms with Crippen LogP contribution in [-0.2, 0) is 9.53 Å². The molecule has 5 rings (SSSR count). The second-order valence-corrected chi connectivity index (χ2v) is 8.22. The Morgan fingerprint density at radius 2 is 1.90 bits per heavy atom. The molecule has 0 N–H and O–H groups in total. The fraction of sp³-hybridized carbons (Fsp3) is 0.417. The second kappa shape index (κ2) is 6.89. The average Bonchev–Trinajstić information content (AvgIpc) is 3.27. The molecular formula is C24H25N3O2. The molecule has 3 aliphatic heterocycles. The summed E-state index contributed by atoms with van der Waals surface area (Å²) in [4.78, 5) is 22.4. The number of carbonyl (C=O) groups is 1. The minimum Gasteiger partial charge on any atom is -0.356 e. The van der Waals surface area contributed by atoms with Gasteiger partial charge in [0, 0.05) is 31.5 Å².